The maximum atomic E-state index is 11.3. The molecule has 3 rings (SSSR count). The normalized spacial score (nSPS) is 17.7. The highest BCUT2D eigenvalue weighted by molar-refractivity contribution is 6.95. The van der Waals surface area contributed by atoms with Crippen LogP contribution >= 0.6 is 0 Å². The van der Waals surface area contributed by atoms with E-state index in [1.54, 1.807) is 27.7 Å². The zero-order valence-corrected chi connectivity index (χ0v) is 114. The molecule has 1 fully saturated rings. The van der Waals surface area contributed by atoms with E-state index in [4.69, 9.17) is 34.2 Å². The van der Waals surface area contributed by atoms with Gasteiger partial charge < -0.3 is 59.4 Å². The van der Waals surface area contributed by atoms with Crippen molar-refractivity contribution in [3.8, 4) is 0 Å². The van der Waals surface area contributed by atoms with Crippen LogP contribution in [0.25, 0.3) is 0 Å². The molecule has 0 aliphatic carbocycles. The number of aliphatic hydroxyl groups is 4. The topological polar surface area (TPSA) is 172 Å². The Kier molecular flexibility index (Phi) is 87.2. The summed E-state index contributed by atoms with van der Waals surface area (Å²) >= 11 is 0. The van der Waals surface area contributed by atoms with E-state index in [2.05, 4.69) is 290 Å². The molecule has 844 valence electrons. The molecular weight excluding hydrogens is 1940 g/mol. The van der Waals surface area contributed by atoms with Gasteiger partial charge in [0.25, 0.3) is 0 Å². The fourth-order valence-electron chi connectivity index (χ4n) is 19.3. The summed E-state index contributed by atoms with van der Waals surface area (Å²) in [6, 6.07) is 33.8. The van der Waals surface area contributed by atoms with Gasteiger partial charge in [0.05, 0.1) is 54.7 Å². The summed E-state index contributed by atoms with van der Waals surface area (Å²) in [5.74, 6) is 0.318. The van der Waals surface area contributed by atoms with Crippen molar-refractivity contribution in [2.75, 3.05) is 26.4 Å². The summed E-state index contributed by atoms with van der Waals surface area (Å²) < 4.78 is 50.8. The van der Waals surface area contributed by atoms with Crippen LogP contribution < -0.4 is 20.7 Å². The van der Waals surface area contributed by atoms with Gasteiger partial charge in [-0.3, -0.25) is 0 Å². The van der Waals surface area contributed by atoms with E-state index < -0.39 is 122 Å². The molecule has 1 aliphatic rings. The van der Waals surface area contributed by atoms with E-state index in [0.717, 1.165) is 191 Å². The van der Waals surface area contributed by atoms with E-state index in [-0.39, 0.29) is 7.43 Å². The Morgan fingerprint density at radius 1 is 0.277 bits per heavy atom. The summed E-state index contributed by atoms with van der Waals surface area (Å²) in [5.41, 5.74) is -1.90. The third-order valence-corrected chi connectivity index (χ3v) is 76.8. The summed E-state index contributed by atoms with van der Waals surface area (Å²) in [6.07, 6.45) is 45.4. The Hall–Kier alpha value is 0.233. The standard InChI is InChI=1S/C36H66OSi4.C23H56O3Si4.C16H40O4Si4.C12H26O.C10H22O.C7H14O.C6H14O.C5H12O.CH4/c1-12-14-28-38(4,5)32-18-22-34(23-19-32)40(8,9)30-16-26-36(3,37)27-17-31-41(10,11)35-24-20-33(21-25-35)39(6,7)29-15-13-2;1-12-14-20-28(6,7)26-30(10,11)22-16-18-23(3,24)17-15-21-29(8,9)25-27(4,5)19-13-2;1-9-13-16-24(8)18-21(5,12-4)17-22(6,14-10-2)19-23(7,20-24)15-11-3;1-4-6-8-10-12(3,13)11-9-7-5-2;1-4-6-8-10(3,11)9-7-5-2;1-3-4-5-6-7(2)8;1-3-5-6-7-4-2;1-3-5-6-4-2;/h18-25,37H,12-17,26-31H2,1-11H3;24H,12-22H2,1-11H3;9-16H2,1-8H3;13H,4-11H2,1-3H3;11H,4-9H2,1-3H3;3-6H2,1-2H3;3-6H2,1-2H3;3-5H2,1-2H3;1H4. The predicted molar refractivity (Wildman–Crippen MR) is 665 cm³/mol. The highest BCUT2D eigenvalue weighted by atomic mass is 28.5. The van der Waals surface area contributed by atoms with Gasteiger partial charge in [-0.1, -0.05) is 437 Å². The van der Waals surface area contributed by atoms with Gasteiger partial charge in [0.2, 0.25) is 0 Å². The second kappa shape index (κ2) is 81.0. The Balaban J connectivity index is -0.000000402. The van der Waals surface area contributed by atoms with E-state index in [0.29, 0.717) is 5.78 Å². The van der Waals surface area contributed by atoms with Gasteiger partial charge in [0, 0.05) is 32.8 Å². The summed E-state index contributed by atoms with van der Waals surface area (Å²) in [7, 11) is -20.9. The third-order valence-electron chi connectivity index (χ3n) is 28.4. The van der Waals surface area contributed by atoms with Crippen LogP contribution in [-0.4, -0.2) is 175 Å². The second-order valence-electron chi connectivity index (χ2n) is 49.3. The van der Waals surface area contributed by atoms with Crippen molar-refractivity contribution in [3.63, 3.8) is 0 Å². The van der Waals surface area contributed by atoms with Crippen LogP contribution in [0.15, 0.2) is 48.5 Å². The van der Waals surface area contributed by atoms with Crippen molar-refractivity contribution in [1.29, 1.82) is 0 Å². The minimum atomic E-state index is -2.26. The van der Waals surface area contributed by atoms with Crippen molar-refractivity contribution >= 4 is 126 Å². The number of carbonyl (C=O) groups is 1. The molecule has 0 amide bonds. The van der Waals surface area contributed by atoms with Crippen LogP contribution in [0.4, 0.5) is 0 Å². The Labute approximate surface area is 896 Å². The Morgan fingerprint density at radius 2 is 0.518 bits per heavy atom. The lowest BCUT2D eigenvalue weighted by molar-refractivity contribution is -0.117. The first kappa shape index (κ1) is 152. The first-order chi connectivity index (χ1) is 64.8. The molecule has 25 heteroatoms. The molecule has 4 N–H and O–H groups in total. The van der Waals surface area contributed by atoms with Gasteiger partial charge in [0.1, 0.15) is 5.78 Å². The minimum absolute atomic E-state index is 0. The van der Waals surface area contributed by atoms with E-state index >= 15 is 0 Å². The first-order valence-electron chi connectivity index (χ1n) is 58.8. The van der Waals surface area contributed by atoms with Gasteiger partial charge >= 0.3 is 34.2 Å². The maximum absolute atomic E-state index is 11.3. The zero-order chi connectivity index (χ0) is 109. The van der Waals surface area contributed by atoms with E-state index in [9.17, 15) is 25.2 Å². The molecule has 5 atom stereocenters. The van der Waals surface area contributed by atoms with Crippen molar-refractivity contribution in [3.05, 3.63) is 48.5 Å². The Bertz CT molecular complexity index is 3120. The number of hydrogen-bond donors (Lipinski definition) is 4. The van der Waals surface area contributed by atoms with Crippen LogP contribution in [0.5, 0.6) is 0 Å². The van der Waals surface area contributed by atoms with Gasteiger partial charge in [-0.05, 0) is 246 Å². The molecule has 141 heavy (non-hydrogen) atoms. The monoisotopic (exact) mass is 2190 g/mol. The lowest BCUT2D eigenvalue weighted by atomic mass is 9.92. The quantitative estimate of drug-likeness (QED) is 0.0365. The molecule has 0 spiro atoms. The van der Waals surface area contributed by atoms with Crippen molar-refractivity contribution < 1.29 is 59.4 Å². The van der Waals surface area contributed by atoms with Crippen LogP contribution in [-0.2, 0) is 39.0 Å². The predicted octanol–water partition coefficient (Wildman–Crippen LogP) is 36.4. The lowest BCUT2D eigenvalue weighted by Crippen LogP contribution is -2.67. The number of benzene rings is 2. The van der Waals surface area contributed by atoms with Gasteiger partial charge in [-0.25, -0.2) is 0 Å². The van der Waals surface area contributed by atoms with Gasteiger partial charge in [-0.2, -0.15) is 0 Å². The van der Waals surface area contributed by atoms with Crippen molar-refractivity contribution in [1.82, 2.24) is 0 Å². The van der Waals surface area contributed by atoms with Crippen LogP contribution in [0.2, 0.25) is 203 Å². The number of hydrogen-bond acceptors (Lipinski definition) is 13. The second-order valence-corrected chi connectivity index (χ2v) is 101. The smallest absolute Gasteiger partial charge is 0.317 e. The maximum Gasteiger partial charge on any atom is 0.317 e. The summed E-state index contributed by atoms with van der Waals surface area (Å²) in [5, 5.41) is 48.4. The highest BCUT2D eigenvalue weighted by Gasteiger charge is 2.56. The molecule has 13 nitrogen and oxygen atoms in total. The molecule has 0 radical (unpaired) electrons. The number of ether oxygens (including phenoxy) is 2. The molecule has 0 saturated carbocycles. The van der Waals surface area contributed by atoms with E-state index in [1.165, 1.54) is 165 Å². The number of ketones is 1. The number of carbonyl (C=O) groups excluding carboxylic acids is 1. The molecular formula is C116H254O13Si12. The molecule has 2 aromatic rings. The summed E-state index contributed by atoms with van der Waals surface area (Å²) in [6.45, 7) is 98.5. The summed E-state index contributed by atoms with van der Waals surface area (Å²) in [4.78, 5) is 10.3. The van der Waals surface area contributed by atoms with Crippen LogP contribution in [0.3, 0.4) is 0 Å². The van der Waals surface area contributed by atoms with Gasteiger partial charge in [-0.15, -0.1) is 0 Å². The number of unbranched alkanes of at least 4 members (excludes halogenated alkanes) is 13. The molecule has 1 aliphatic heterocycles. The molecule has 1 saturated heterocycles. The van der Waals surface area contributed by atoms with Crippen molar-refractivity contribution in [2.24, 2.45) is 0 Å². The minimum Gasteiger partial charge on any atom is -0.455 e. The molecule has 5 unspecified atom stereocenters. The largest absolute Gasteiger partial charge is 0.455 e. The van der Waals surface area contributed by atoms with Crippen LogP contribution in [0, 0.1) is 0 Å². The fourth-order valence-corrected chi connectivity index (χ4v) is 70.6. The lowest BCUT2D eigenvalue weighted by Gasteiger charge is -2.50. The molecule has 1 heterocycles. The number of rotatable bonds is 68. The van der Waals surface area contributed by atoms with E-state index in [1.807, 2.05) is 34.6 Å². The molecule has 2 aromatic carbocycles. The third kappa shape index (κ3) is 81.6. The molecule has 0 bridgehead atoms. The SMILES string of the molecule is C.CCCCC(C)(O)CCCC.CCCCCC(C)(O)CCCCC.CCCCCC(C)=O.CCCCOCC.CCCC[Si](C)(C)O[Si](C)(C)CCCC(C)(O)CCC[Si](C)(C)O[Si](C)(C)CCC.CCCC[Si](C)(C)c1ccc([Si](C)(C)CCCC(C)(O)CCC[Si](C)(C)c2ccc([Si](C)(C)CCCC)cc2)cc1.CCCC[Si]1(C)O[Si](C)(CC)O[Si](C)(CCC)O[Si](C)(CCC)O1.CCCOCC. The highest BCUT2D eigenvalue weighted by Crippen LogP contribution is 2.40. The van der Waals surface area contributed by atoms with Crippen molar-refractivity contribution in [2.45, 2.75) is 642 Å². The first-order valence-corrected chi connectivity index (χ1v) is 94.2. The average Bonchev–Trinajstić information content (AvgIpc) is 0.765. The zero-order valence-electron chi connectivity index (χ0n) is 102. The molecule has 0 aromatic heterocycles. The van der Waals surface area contributed by atoms with Gasteiger partial charge in [0.15, 0.2) is 33.3 Å². The Morgan fingerprint density at radius 3 is 0.780 bits per heavy atom. The fraction of sp³-hybridized carbons (Fsp3) is 0.888. The average molecular weight is 2190 g/mol. The van der Waals surface area contributed by atoms with Crippen LogP contribution in [0.1, 0.15) is 417 Å². The number of Topliss-reactive ketones (excluding diaryl/α,β-unsaturated/α-hetero) is 1.